The zero-order valence-electron chi connectivity index (χ0n) is 17.1. The van der Waals surface area contributed by atoms with Gasteiger partial charge in [-0.1, -0.05) is 32.4 Å². The number of imidazole rings is 1. The van der Waals surface area contributed by atoms with Crippen molar-refractivity contribution in [2.24, 2.45) is 5.92 Å². The van der Waals surface area contributed by atoms with Crippen LogP contribution in [0.5, 0.6) is 0 Å². The topological polar surface area (TPSA) is 88.5 Å². The molecule has 3 amide bonds. The fraction of sp³-hybridized carbons (Fsp3) is 0.571. The maximum absolute atomic E-state index is 13.0. The lowest BCUT2D eigenvalue weighted by Crippen LogP contribution is -2.54. The van der Waals surface area contributed by atoms with E-state index in [2.05, 4.69) is 15.6 Å². The lowest BCUT2D eigenvalue weighted by molar-refractivity contribution is -0.124. The van der Waals surface area contributed by atoms with Crippen LogP contribution in [0.4, 0.5) is 10.7 Å². The summed E-state index contributed by atoms with van der Waals surface area (Å²) in [6, 6.07) is 6.98. The first kappa shape index (κ1) is 19.7. The van der Waals surface area contributed by atoms with Crippen LogP contribution >= 0.6 is 0 Å². The average Bonchev–Trinajstić information content (AvgIpc) is 3.46. The Hall–Kier alpha value is -2.61. The SMILES string of the molecule is CC[C@H](C)[C@H](NC(=O)N1CCn2c1nc1ccccc12)C(=O)NC[C@@H]1CCCO1. The van der Waals surface area contributed by atoms with Crippen LogP contribution in [0.25, 0.3) is 11.0 Å². The number of carbonyl (C=O) groups excluding carboxylic acids is 2. The molecule has 4 rings (SSSR count). The van der Waals surface area contributed by atoms with Crippen LogP contribution in [-0.4, -0.2) is 53.3 Å². The van der Waals surface area contributed by atoms with Gasteiger partial charge in [0.25, 0.3) is 0 Å². The lowest BCUT2D eigenvalue weighted by Gasteiger charge is -2.26. The molecule has 1 aromatic carbocycles. The summed E-state index contributed by atoms with van der Waals surface area (Å²) in [7, 11) is 0. The Morgan fingerprint density at radius 2 is 2.14 bits per heavy atom. The Balaban J connectivity index is 1.45. The number of hydrogen-bond donors (Lipinski definition) is 2. The number of hydrogen-bond acceptors (Lipinski definition) is 4. The van der Waals surface area contributed by atoms with E-state index in [1.165, 1.54) is 0 Å². The van der Waals surface area contributed by atoms with Crippen LogP contribution in [0.2, 0.25) is 0 Å². The second-order valence-corrected chi connectivity index (χ2v) is 7.90. The summed E-state index contributed by atoms with van der Waals surface area (Å²) < 4.78 is 7.63. The number of anilines is 1. The maximum Gasteiger partial charge on any atom is 0.324 e. The van der Waals surface area contributed by atoms with E-state index in [0.29, 0.717) is 25.6 Å². The number of urea groups is 1. The molecule has 3 heterocycles. The quantitative estimate of drug-likeness (QED) is 0.780. The van der Waals surface area contributed by atoms with Crippen LogP contribution < -0.4 is 15.5 Å². The normalized spacial score (nSPS) is 20.5. The van der Waals surface area contributed by atoms with Crippen molar-refractivity contribution < 1.29 is 14.3 Å². The molecule has 8 nitrogen and oxygen atoms in total. The molecule has 2 N–H and O–H groups in total. The Labute approximate surface area is 170 Å². The summed E-state index contributed by atoms with van der Waals surface area (Å²) in [6.45, 7) is 6.48. The summed E-state index contributed by atoms with van der Waals surface area (Å²) in [5.74, 6) is 0.493. The van der Waals surface area contributed by atoms with Crippen LogP contribution in [0.1, 0.15) is 33.1 Å². The number of benzene rings is 1. The number of ether oxygens (including phenoxy) is 1. The first-order valence-corrected chi connectivity index (χ1v) is 10.5. The van der Waals surface area contributed by atoms with Gasteiger partial charge in [0.1, 0.15) is 6.04 Å². The zero-order valence-corrected chi connectivity index (χ0v) is 17.1. The number of nitrogens with zero attached hydrogens (tertiary/aromatic N) is 3. The number of nitrogens with one attached hydrogen (secondary N) is 2. The molecule has 0 aliphatic carbocycles. The summed E-state index contributed by atoms with van der Waals surface area (Å²) in [5, 5.41) is 5.91. The van der Waals surface area contributed by atoms with Crippen molar-refractivity contribution in [3.63, 3.8) is 0 Å². The van der Waals surface area contributed by atoms with Gasteiger partial charge >= 0.3 is 6.03 Å². The summed E-state index contributed by atoms with van der Waals surface area (Å²) >= 11 is 0. The Morgan fingerprint density at radius 3 is 2.90 bits per heavy atom. The molecular formula is C21H29N5O3. The molecule has 0 unspecified atom stereocenters. The molecule has 29 heavy (non-hydrogen) atoms. The minimum atomic E-state index is -0.590. The monoisotopic (exact) mass is 399 g/mol. The van der Waals surface area contributed by atoms with Gasteiger partial charge in [-0.05, 0) is 30.9 Å². The molecular weight excluding hydrogens is 370 g/mol. The molecule has 2 aliphatic rings. The number of amides is 3. The Kier molecular flexibility index (Phi) is 5.71. The highest BCUT2D eigenvalue weighted by atomic mass is 16.5. The smallest absolute Gasteiger partial charge is 0.324 e. The Bertz CT molecular complexity index is 890. The van der Waals surface area contributed by atoms with E-state index in [4.69, 9.17) is 4.74 Å². The van der Waals surface area contributed by atoms with Gasteiger partial charge in [0.05, 0.1) is 17.1 Å². The molecule has 0 saturated carbocycles. The van der Waals surface area contributed by atoms with Crippen molar-refractivity contribution in [1.29, 1.82) is 0 Å². The summed E-state index contributed by atoms with van der Waals surface area (Å²) in [4.78, 5) is 32.1. The Morgan fingerprint density at radius 1 is 1.31 bits per heavy atom. The van der Waals surface area contributed by atoms with Crippen molar-refractivity contribution >= 4 is 28.9 Å². The van der Waals surface area contributed by atoms with Gasteiger partial charge in [-0.3, -0.25) is 9.69 Å². The van der Waals surface area contributed by atoms with E-state index >= 15 is 0 Å². The number of rotatable bonds is 6. The van der Waals surface area contributed by atoms with E-state index in [1.807, 2.05) is 42.7 Å². The van der Waals surface area contributed by atoms with E-state index in [0.717, 1.165) is 36.9 Å². The fourth-order valence-corrected chi connectivity index (χ4v) is 4.02. The van der Waals surface area contributed by atoms with Crippen LogP contribution in [0, 0.1) is 5.92 Å². The van der Waals surface area contributed by atoms with Crippen molar-refractivity contribution in [2.75, 3.05) is 24.6 Å². The third-order valence-electron chi connectivity index (χ3n) is 5.97. The number of aromatic nitrogens is 2. The third-order valence-corrected chi connectivity index (χ3v) is 5.97. The van der Waals surface area contributed by atoms with Crippen molar-refractivity contribution in [3.05, 3.63) is 24.3 Å². The van der Waals surface area contributed by atoms with Gasteiger partial charge in [0.15, 0.2) is 0 Å². The molecule has 156 valence electrons. The lowest BCUT2D eigenvalue weighted by atomic mass is 9.98. The molecule has 8 heteroatoms. The largest absolute Gasteiger partial charge is 0.376 e. The van der Waals surface area contributed by atoms with E-state index < -0.39 is 6.04 Å². The molecule has 0 bridgehead atoms. The third kappa shape index (κ3) is 3.94. The van der Waals surface area contributed by atoms with Gasteiger partial charge in [-0.25, -0.2) is 9.78 Å². The van der Waals surface area contributed by atoms with Crippen molar-refractivity contribution in [1.82, 2.24) is 20.2 Å². The highest BCUT2D eigenvalue weighted by molar-refractivity contribution is 5.96. The molecule has 0 spiro atoms. The first-order chi connectivity index (χ1) is 14.1. The van der Waals surface area contributed by atoms with Gasteiger partial charge in [-0.2, -0.15) is 0 Å². The fourth-order valence-electron chi connectivity index (χ4n) is 4.02. The van der Waals surface area contributed by atoms with Crippen LogP contribution in [0.15, 0.2) is 24.3 Å². The molecule has 3 atom stereocenters. The van der Waals surface area contributed by atoms with Gasteiger partial charge in [0.2, 0.25) is 11.9 Å². The first-order valence-electron chi connectivity index (χ1n) is 10.5. The second kappa shape index (κ2) is 8.41. The molecule has 0 radical (unpaired) electrons. The standard InChI is InChI=1S/C21H29N5O3/c1-3-14(2)18(19(27)22-13-15-7-6-12-29-15)24-21(28)26-11-10-25-17-9-5-4-8-16(17)23-20(25)26/h4-5,8-9,14-15,18H,3,6-7,10-13H2,1-2H3,(H,22,27)(H,24,28)/t14-,15-,18-/m0/s1. The van der Waals surface area contributed by atoms with Crippen LogP contribution in [-0.2, 0) is 16.1 Å². The van der Waals surface area contributed by atoms with Gasteiger partial charge < -0.3 is 19.9 Å². The molecule has 1 saturated heterocycles. The number of para-hydroxylation sites is 2. The second-order valence-electron chi connectivity index (χ2n) is 7.90. The highest BCUT2D eigenvalue weighted by Crippen LogP contribution is 2.27. The predicted octanol–water partition coefficient (Wildman–Crippen LogP) is 2.28. The van der Waals surface area contributed by atoms with Gasteiger partial charge in [0, 0.05) is 26.2 Å². The summed E-state index contributed by atoms with van der Waals surface area (Å²) in [6.07, 6.45) is 2.86. The van der Waals surface area contributed by atoms with Crippen molar-refractivity contribution in [3.8, 4) is 0 Å². The maximum atomic E-state index is 13.0. The minimum absolute atomic E-state index is 0.0184. The van der Waals surface area contributed by atoms with Crippen LogP contribution in [0.3, 0.4) is 0 Å². The molecule has 1 fully saturated rings. The average molecular weight is 399 g/mol. The predicted molar refractivity (Wildman–Crippen MR) is 111 cm³/mol. The van der Waals surface area contributed by atoms with E-state index in [1.54, 1.807) is 4.90 Å². The number of fused-ring (bicyclic) bond motifs is 3. The van der Waals surface area contributed by atoms with Gasteiger partial charge in [-0.15, -0.1) is 0 Å². The van der Waals surface area contributed by atoms with E-state index in [9.17, 15) is 9.59 Å². The summed E-state index contributed by atoms with van der Waals surface area (Å²) in [5.41, 5.74) is 1.89. The highest BCUT2D eigenvalue weighted by Gasteiger charge is 2.33. The van der Waals surface area contributed by atoms with E-state index in [-0.39, 0.29) is 24.0 Å². The molecule has 2 aromatic rings. The minimum Gasteiger partial charge on any atom is -0.376 e. The zero-order chi connectivity index (χ0) is 20.4. The van der Waals surface area contributed by atoms with Crippen molar-refractivity contribution in [2.45, 2.75) is 51.8 Å². The number of carbonyl (C=O) groups is 2. The molecule has 1 aromatic heterocycles. The molecule has 2 aliphatic heterocycles.